The Labute approximate surface area is 44.8 Å². The molecule has 3 nitrogen and oxygen atoms in total. The molecule has 0 saturated carbocycles. The van der Waals surface area contributed by atoms with E-state index in [1.165, 1.54) is 0 Å². The molecule has 1 heterocycles. The van der Waals surface area contributed by atoms with Gasteiger partial charge in [0.15, 0.2) is 5.75 Å². The summed E-state index contributed by atoms with van der Waals surface area (Å²) in [5, 5.41) is 8.46. The van der Waals surface area contributed by atoms with Gasteiger partial charge < -0.3 is 5.11 Å². The number of aromatic hydroxyl groups is 1. The zero-order valence-electron chi connectivity index (χ0n) is 3.87. The topological polar surface area (TPSA) is 46.0 Å². The predicted molar refractivity (Wildman–Crippen MR) is 23.7 cm³/mol. The van der Waals surface area contributed by atoms with Crippen molar-refractivity contribution in [3.8, 4) is 5.75 Å². The number of hydrogen-bond acceptors (Lipinski definition) is 3. The van der Waals surface area contributed by atoms with Crippen LogP contribution in [0.5, 0.6) is 5.75 Å². The summed E-state index contributed by atoms with van der Waals surface area (Å²) in [5.41, 5.74) is 0. The fourth-order valence-corrected chi connectivity index (χ4v) is 0.305. The van der Waals surface area contributed by atoms with Crippen molar-refractivity contribution in [2.75, 3.05) is 0 Å². The SMILES string of the molecule is Oc1cnc(F)nc1. The number of halogens is 1. The van der Waals surface area contributed by atoms with Gasteiger partial charge in [0.1, 0.15) is 0 Å². The zero-order valence-corrected chi connectivity index (χ0v) is 3.87. The van der Waals surface area contributed by atoms with Crippen molar-refractivity contribution in [1.82, 2.24) is 9.97 Å². The first-order valence-corrected chi connectivity index (χ1v) is 1.95. The second kappa shape index (κ2) is 1.73. The van der Waals surface area contributed by atoms with Gasteiger partial charge in [-0.15, -0.1) is 0 Å². The summed E-state index contributed by atoms with van der Waals surface area (Å²) in [6, 6.07) is 0. The average Bonchev–Trinajstić information content (AvgIpc) is 1.77. The van der Waals surface area contributed by atoms with Crippen LogP contribution >= 0.6 is 0 Å². The molecule has 0 radical (unpaired) electrons. The van der Waals surface area contributed by atoms with Crippen molar-refractivity contribution in [3.05, 3.63) is 18.5 Å². The van der Waals surface area contributed by atoms with Crippen LogP contribution in [0.3, 0.4) is 0 Å². The van der Waals surface area contributed by atoms with Gasteiger partial charge >= 0.3 is 6.08 Å². The third-order valence-corrected chi connectivity index (χ3v) is 0.607. The van der Waals surface area contributed by atoms with Gasteiger partial charge in [0, 0.05) is 0 Å². The number of hydrogen-bond donors (Lipinski definition) is 1. The van der Waals surface area contributed by atoms with E-state index in [4.69, 9.17) is 5.11 Å². The Hall–Kier alpha value is -1.19. The van der Waals surface area contributed by atoms with Crippen molar-refractivity contribution in [1.29, 1.82) is 0 Å². The largest absolute Gasteiger partial charge is 0.505 e. The molecule has 0 saturated heterocycles. The molecule has 1 rings (SSSR count). The Bertz CT molecular complexity index is 153. The van der Waals surface area contributed by atoms with Crippen molar-refractivity contribution in [2.24, 2.45) is 0 Å². The van der Waals surface area contributed by atoms with Gasteiger partial charge in [-0.3, -0.25) is 0 Å². The molecule has 0 aromatic carbocycles. The third kappa shape index (κ3) is 0.900. The van der Waals surface area contributed by atoms with Crippen molar-refractivity contribution in [3.63, 3.8) is 0 Å². The first-order chi connectivity index (χ1) is 3.79. The van der Waals surface area contributed by atoms with E-state index in [0.29, 0.717) is 0 Å². The van der Waals surface area contributed by atoms with E-state index < -0.39 is 6.08 Å². The highest BCUT2D eigenvalue weighted by atomic mass is 19.1. The fourth-order valence-electron chi connectivity index (χ4n) is 0.305. The molecule has 0 bridgehead atoms. The summed E-state index contributed by atoms with van der Waals surface area (Å²) in [7, 11) is 0. The molecule has 0 fully saturated rings. The summed E-state index contributed by atoms with van der Waals surface area (Å²) in [4.78, 5) is 6.10. The molecular formula is C4H3FN2O. The third-order valence-electron chi connectivity index (χ3n) is 0.607. The lowest BCUT2D eigenvalue weighted by atomic mass is 10.6. The van der Waals surface area contributed by atoms with Crippen molar-refractivity contribution in [2.45, 2.75) is 0 Å². The molecule has 1 aromatic rings. The minimum absolute atomic E-state index is 0.133. The molecule has 42 valence electrons. The normalized spacial score (nSPS) is 9.12. The first kappa shape index (κ1) is 4.96. The molecule has 0 amide bonds. The second-order valence-corrected chi connectivity index (χ2v) is 1.21. The van der Waals surface area contributed by atoms with Gasteiger partial charge in [-0.2, -0.15) is 4.39 Å². The first-order valence-electron chi connectivity index (χ1n) is 1.95. The van der Waals surface area contributed by atoms with E-state index in [0.717, 1.165) is 12.4 Å². The monoisotopic (exact) mass is 114 g/mol. The maximum atomic E-state index is 11.8. The highest BCUT2D eigenvalue weighted by Crippen LogP contribution is 1.99. The van der Waals surface area contributed by atoms with Crippen LogP contribution in [0.2, 0.25) is 0 Å². The highest BCUT2D eigenvalue weighted by Gasteiger charge is 1.88. The van der Waals surface area contributed by atoms with Crippen molar-refractivity contribution >= 4 is 0 Å². The predicted octanol–water partition coefficient (Wildman–Crippen LogP) is 0.321. The molecule has 0 aliphatic carbocycles. The number of nitrogens with zero attached hydrogens (tertiary/aromatic N) is 2. The average molecular weight is 114 g/mol. The Morgan fingerprint density at radius 3 is 2.25 bits per heavy atom. The summed E-state index contributed by atoms with van der Waals surface area (Å²) in [6.07, 6.45) is 1.15. The summed E-state index contributed by atoms with van der Waals surface area (Å²) in [5.74, 6) is -0.133. The van der Waals surface area contributed by atoms with E-state index in [1.54, 1.807) is 0 Å². The van der Waals surface area contributed by atoms with E-state index >= 15 is 0 Å². The Balaban J connectivity index is 3.03. The van der Waals surface area contributed by atoms with E-state index in [1.807, 2.05) is 0 Å². The van der Waals surface area contributed by atoms with Crippen LogP contribution in [-0.4, -0.2) is 15.1 Å². The van der Waals surface area contributed by atoms with Crippen LogP contribution in [0.4, 0.5) is 4.39 Å². The lowest BCUT2D eigenvalue weighted by Crippen LogP contribution is -1.83. The van der Waals surface area contributed by atoms with Crippen molar-refractivity contribution < 1.29 is 9.50 Å². The fraction of sp³-hybridized carbons (Fsp3) is 0. The highest BCUT2D eigenvalue weighted by molar-refractivity contribution is 5.06. The lowest BCUT2D eigenvalue weighted by Gasteiger charge is -1.84. The minimum atomic E-state index is -0.831. The van der Waals surface area contributed by atoms with Gasteiger partial charge in [0.05, 0.1) is 12.4 Å². The molecule has 0 atom stereocenters. The number of aromatic nitrogens is 2. The second-order valence-electron chi connectivity index (χ2n) is 1.21. The standard InChI is InChI=1S/C4H3FN2O/c5-4-6-1-3(8)2-7-4/h1-2,8H. The van der Waals surface area contributed by atoms with Crippen LogP contribution in [0.25, 0.3) is 0 Å². The van der Waals surface area contributed by atoms with E-state index in [-0.39, 0.29) is 5.75 Å². The Morgan fingerprint density at radius 2 is 1.88 bits per heavy atom. The summed E-state index contributed by atoms with van der Waals surface area (Å²) in [6.45, 7) is 0. The quantitative estimate of drug-likeness (QED) is 0.494. The zero-order chi connectivity index (χ0) is 5.98. The molecule has 4 heteroatoms. The Morgan fingerprint density at radius 1 is 1.38 bits per heavy atom. The molecule has 1 N–H and O–H groups in total. The lowest BCUT2D eigenvalue weighted by molar-refractivity contribution is 0.455. The van der Waals surface area contributed by atoms with Crippen LogP contribution in [0.15, 0.2) is 12.4 Å². The number of rotatable bonds is 0. The Kier molecular flexibility index (Phi) is 1.07. The molecule has 1 aromatic heterocycles. The summed E-state index contributed by atoms with van der Waals surface area (Å²) < 4.78 is 11.8. The van der Waals surface area contributed by atoms with Crippen LogP contribution < -0.4 is 0 Å². The molecule has 8 heavy (non-hydrogen) atoms. The van der Waals surface area contributed by atoms with Gasteiger partial charge in [-0.05, 0) is 0 Å². The van der Waals surface area contributed by atoms with E-state index in [2.05, 4.69) is 9.97 Å². The van der Waals surface area contributed by atoms with Gasteiger partial charge in [-0.1, -0.05) is 0 Å². The molecule has 0 unspecified atom stereocenters. The maximum absolute atomic E-state index is 11.8. The molecular weight excluding hydrogens is 111 g/mol. The van der Waals surface area contributed by atoms with Gasteiger partial charge in [-0.25, -0.2) is 9.97 Å². The van der Waals surface area contributed by atoms with E-state index in [9.17, 15) is 4.39 Å². The van der Waals surface area contributed by atoms with Gasteiger partial charge in [0.2, 0.25) is 0 Å². The maximum Gasteiger partial charge on any atom is 0.308 e. The minimum Gasteiger partial charge on any atom is -0.505 e. The van der Waals surface area contributed by atoms with Crippen LogP contribution in [0, 0.1) is 6.08 Å². The summed E-state index contributed by atoms with van der Waals surface area (Å²) >= 11 is 0. The molecule has 0 spiro atoms. The molecule has 0 aliphatic rings. The van der Waals surface area contributed by atoms with Gasteiger partial charge in [0.25, 0.3) is 0 Å². The molecule has 0 aliphatic heterocycles. The van der Waals surface area contributed by atoms with Crippen LogP contribution in [-0.2, 0) is 0 Å². The van der Waals surface area contributed by atoms with Crippen LogP contribution in [0.1, 0.15) is 0 Å². The smallest absolute Gasteiger partial charge is 0.308 e.